The minimum absolute atomic E-state index is 0.0284. The van der Waals surface area contributed by atoms with Crippen molar-refractivity contribution >= 4 is 23.5 Å². The Hall–Kier alpha value is -4.40. The van der Waals surface area contributed by atoms with E-state index in [4.69, 9.17) is 9.47 Å². The zero-order valence-corrected chi connectivity index (χ0v) is 19.8. The first-order valence-corrected chi connectivity index (χ1v) is 11.6. The fraction of sp³-hybridized carbons (Fsp3) is 0.259. The minimum Gasteiger partial charge on any atom is -0.491 e. The van der Waals surface area contributed by atoms with Crippen LogP contribution in [0, 0.1) is 0 Å². The Labute approximate surface area is 208 Å². The SMILES string of the molecule is CC(=O)N1CCCC1COc1ccc(Oc2ccc(CC(=O)Nc3ccccc3C(=O)O)cn2)cc1. The van der Waals surface area contributed by atoms with Crippen molar-refractivity contribution in [1.29, 1.82) is 0 Å². The van der Waals surface area contributed by atoms with Crippen LogP contribution in [0.25, 0.3) is 0 Å². The van der Waals surface area contributed by atoms with Gasteiger partial charge in [-0.25, -0.2) is 9.78 Å². The van der Waals surface area contributed by atoms with Crippen LogP contribution in [-0.2, 0) is 16.0 Å². The number of anilines is 1. The van der Waals surface area contributed by atoms with Gasteiger partial charge >= 0.3 is 5.97 Å². The van der Waals surface area contributed by atoms with Crippen LogP contribution in [-0.4, -0.2) is 52.0 Å². The summed E-state index contributed by atoms with van der Waals surface area (Å²) in [4.78, 5) is 41.4. The molecule has 2 amide bonds. The Morgan fingerprint density at radius 1 is 1.06 bits per heavy atom. The van der Waals surface area contributed by atoms with Crippen molar-refractivity contribution in [2.45, 2.75) is 32.2 Å². The molecule has 0 radical (unpaired) electrons. The van der Waals surface area contributed by atoms with E-state index >= 15 is 0 Å². The summed E-state index contributed by atoms with van der Waals surface area (Å²) in [5.74, 6) is 0.258. The number of para-hydroxylation sites is 1. The van der Waals surface area contributed by atoms with Crippen LogP contribution in [0.4, 0.5) is 5.69 Å². The fourth-order valence-electron chi connectivity index (χ4n) is 4.07. The van der Waals surface area contributed by atoms with Gasteiger partial charge in [0.2, 0.25) is 17.7 Å². The van der Waals surface area contributed by atoms with Gasteiger partial charge < -0.3 is 24.8 Å². The molecule has 1 aliphatic heterocycles. The lowest BCUT2D eigenvalue weighted by atomic mass is 10.1. The van der Waals surface area contributed by atoms with Gasteiger partial charge in [0.25, 0.3) is 0 Å². The number of amides is 2. The molecular weight excluding hydrogens is 462 g/mol. The molecule has 2 heterocycles. The molecule has 1 aromatic heterocycles. The highest BCUT2D eigenvalue weighted by Crippen LogP contribution is 2.24. The third kappa shape index (κ3) is 6.38. The molecule has 4 rings (SSSR count). The number of benzene rings is 2. The number of rotatable bonds is 9. The first-order chi connectivity index (χ1) is 17.4. The van der Waals surface area contributed by atoms with Gasteiger partial charge in [0.05, 0.1) is 23.7 Å². The Bertz CT molecular complexity index is 1230. The van der Waals surface area contributed by atoms with Crippen molar-refractivity contribution in [1.82, 2.24) is 9.88 Å². The molecule has 0 bridgehead atoms. The highest BCUT2D eigenvalue weighted by Gasteiger charge is 2.26. The lowest BCUT2D eigenvalue weighted by molar-refractivity contribution is -0.130. The molecule has 0 spiro atoms. The van der Waals surface area contributed by atoms with Crippen LogP contribution in [0.3, 0.4) is 0 Å². The van der Waals surface area contributed by atoms with E-state index in [0.717, 1.165) is 19.4 Å². The average Bonchev–Trinajstić information content (AvgIpc) is 3.34. The van der Waals surface area contributed by atoms with Crippen LogP contribution >= 0.6 is 0 Å². The van der Waals surface area contributed by atoms with Crippen LogP contribution in [0.5, 0.6) is 17.4 Å². The van der Waals surface area contributed by atoms with Crippen LogP contribution in [0.1, 0.15) is 35.7 Å². The lowest BCUT2D eigenvalue weighted by Gasteiger charge is -2.23. The van der Waals surface area contributed by atoms with E-state index in [1.54, 1.807) is 61.5 Å². The van der Waals surface area contributed by atoms with Gasteiger partial charge in [0, 0.05) is 25.7 Å². The fourth-order valence-corrected chi connectivity index (χ4v) is 4.07. The van der Waals surface area contributed by atoms with E-state index in [-0.39, 0.29) is 35.5 Å². The van der Waals surface area contributed by atoms with E-state index in [9.17, 15) is 19.5 Å². The zero-order chi connectivity index (χ0) is 25.5. The Kier molecular flexibility index (Phi) is 7.79. The first kappa shape index (κ1) is 24.7. The quantitative estimate of drug-likeness (QED) is 0.464. The molecule has 1 unspecified atom stereocenters. The largest absolute Gasteiger partial charge is 0.491 e. The molecule has 9 nitrogen and oxygen atoms in total. The molecule has 2 N–H and O–H groups in total. The van der Waals surface area contributed by atoms with Gasteiger partial charge in [-0.1, -0.05) is 18.2 Å². The Morgan fingerprint density at radius 2 is 1.81 bits per heavy atom. The summed E-state index contributed by atoms with van der Waals surface area (Å²) >= 11 is 0. The number of aromatic nitrogens is 1. The van der Waals surface area contributed by atoms with Gasteiger partial charge in [-0.05, 0) is 54.8 Å². The number of hydrogen-bond acceptors (Lipinski definition) is 6. The molecule has 1 aliphatic rings. The molecule has 186 valence electrons. The average molecular weight is 490 g/mol. The number of likely N-dealkylation sites (tertiary alicyclic amines) is 1. The highest BCUT2D eigenvalue weighted by molar-refractivity contribution is 6.00. The first-order valence-electron chi connectivity index (χ1n) is 11.6. The monoisotopic (exact) mass is 489 g/mol. The predicted octanol–water partition coefficient (Wildman–Crippen LogP) is 4.14. The molecular formula is C27H27N3O6. The topological polar surface area (TPSA) is 118 Å². The van der Waals surface area contributed by atoms with Crippen LogP contribution in [0.15, 0.2) is 66.9 Å². The number of carbonyl (C=O) groups excluding carboxylic acids is 2. The van der Waals surface area contributed by atoms with E-state index in [1.807, 2.05) is 4.90 Å². The summed E-state index contributed by atoms with van der Waals surface area (Å²) in [6.07, 6.45) is 3.52. The number of pyridine rings is 1. The second-order valence-electron chi connectivity index (χ2n) is 8.47. The minimum atomic E-state index is -1.11. The summed E-state index contributed by atoms with van der Waals surface area (Å²) in [5.41, 5.74) is 0.929. The van der Waals surface area contributed by atoms with Gasteiger partial charge in [0.1, 0.15) is 18.1 Å². The molecule has 1 saturated heterocycles. The number of ether oxygens (including phenoxy) is 2. The Morgan fingerprint density at radius 3 is 2.50 bits per heavy atom. The number of nitrogens with zero attached hydrogens (tertiary/aromatic N) is 2. The van der Waals surface area contributed by atoms with E-state index in [0.29, 0.717) is 29.5 Å². The van der Waals surface area contributed by atoms with Gasteiger partial charge in [-0.3, -0.25) is 9.59 Å². The normalized spacial score (nSPS) is 14.8. The second-order valence-corrected chi connectivity index (χ2v) is 8.47. The maximum Gasteiger partial charge on any atom is 0.337 e. The van der Waals surface area contributed by atoms with Crippen molar-refractivity contribution in [3.8, 4) is 17.4 Å². The number of carbonyl (C=O) groups is 3. The molecule has 3 aromatic rings. The van der Waals surface area contributed by atoms with Crippen molar-refractivity contribution in [2.24, 2.45) is 0 Å². The summed E-state index contributed by atoms with van der Waals surface area (Å²) < 4.78 is 11.6. The van der Waals surface area contributed by atoms with E-state index < -0.39 is 5.97 Å². The third-order valence-electron chi connectivity index (χ3n) is 5.86. The van der Waals surface area contributed by atoms with Crippen LogP contribution < -0.4 is 14.8 Å². The maximum atomic E-state index is 12.4. The predicted molar refractivity (Wildman–Crippen MR) is 132 cm³/mol. The summed E-state index contributed by atoms with van der Waals surface area (Å²) in [7, 11) is 0. The highest BCUT2D eigenvalue weighted by atomic mass is 16.5. The van der Waals surface area contributed by atoms with Crippen molar-refractivity contribution < 1.29 is 29.0 Å². The standard InChI is InChI=1S/C27H27N3O6/c1-18(31)30-14-4-5-20(30)17-35-21-9-11-22(12-10-21)36-26-13-8-19(16-28-26)15-25(32)29-24-7-3-2-6-23(24)27(33)34/h2-3,6-13,16,20H,4-5,14-15,17H2,1H3,(H,29,32)(H,33,34). The summed E-state index contributed by atoms with van der Waals surface area (Å²) in [6, 6.07) is 16.9. The molecule has 1 fully saturated rings. The van der Waals surface area contributed by atoms with E-state index in [2.05, 4.69) is 10.3 Å². The molecule has 36 heavy (non-hydrogen) atoms. The second kappa shape index (κ2) is 11.4. The molecule has 0 saturated carbocycles. The number of carboxylic acid groups (broad SMARTS) is 1. The van der Waals surface area contributed by atoms with Crippen molar-refractivity contribution in [3.05, 3.63) is 78.0 Å². The van der Waals surface area contributed by atoms with E-state index in [1.165, 1.54) is 12.3 Å². The molecule has 9 heteroatoms. The van der Waals surface area contributed by atoms with Gasteiger partial charge in [-0.15, -0.1) is 0 Å². The zero-order valence-electron chi connectivity index (χ0n) is 19.8. The van der Waals surface area contributed by atoms with Crippen molar-refractivity contribution in [3.63, 3.8) is 0 Å². The van der Waals surface area contributed by atoms with Gasteiger partial charge in [-0.2, -0.15) is 0 Å². The number of hydrogen-bond donors (Lipinski definition) is 2. The lowest BCUT2D eigenvalue weighted by Crippen LogP contribution is -2.37. The van der Waals surface area contributed by atoms with Crippen LogP contribution in [0.2, 0.25) is 0 Å². The Balaban J connectivity index is 1.27. The summed E-state index contributed by atoms with van der Waals surface area (Å²) in [5, 5.41) is 11.9. The summed E-state index contributed by atoms with van der Waals surface area (Å²) in [6.45, 7) is 2.82. The number of aromatic carboxylic acids is 1. The molecule has 1 atom stereocenters. The van der Waals surface area contributed by atoms with Crippen molar-refractivity contribution in [2.75, 3.05) is 18.5 Å². The number of nitrogens with one attached hydrogen (secondary N) is 1. The molecule has 0 aliphatic carbocycles. The number of carboxylic acids is 1. The maximum absolute atomic E-state index is 12.4. The van der Waals surface area contributed by atoms with Gasteiger partial charge in [0.15, 0.2) is 0 Å². The third-order valence-corrected chi connectivity index (χ3v) is 5.86. The smallest absolute Gasteiger partial charge is 0.337 e. The molecule has 2 aromatic carbocycles.